The van der Waals surface area contributed by atoms with Crippen molar-refractivity contribution in [2.75, 3.05) is 19.8 Å². The quantitative estimate of drug-likeness (QED) is 0.780. The molecule has 1 heterocycles. The lowest BCUT2D eigenvalue weighted by Crippen LogP contribution is -2.28. The Labute approximate surface area is 118 Å². The van der Waals surface area contributed by atoms with Crippen molar-refractivity contribution in [1.29, 1.82) is 0 Å². The molecule has 1 aliphatic rings. The Hall–Kier alpha value is -1.75. The van der Waals surface area contributed by atoms with Crippen LogP contribution in [0, 0.1) is 5.41 Å². The molecule has 0 bridgehead atoms. The molecule has 20 heavy (non-hydrogen) atoms. The standard InChI is InChI=1S/C15H21NO4/c1-15(2,14(17)18)5-6-16-10-11-3-4-12-13(9-11)20-8-7-19-12/h3-4,9,16H,5-8,10H2,1-2H3,(H,17,18). The lowest BCUT2D eigenvalue weighted by molar-refractivity contribution is -0.147. The van der Waals surface area contributed by atoms with E-state index in [9.17, 15) is 4.79 Å². The summed E-state index contributed by atoms with van der Waals surface area (Å²) >= 11 is 0. The molecule has 0 saturated heterocycles. The second-order valence-corrected chi connectivity index (χ2v) is 5.59. The highest BCUT2D eigenvalue weighted by atomic mass is 16.6. The van der Waals surface area contributed by atoms with Crippen LogP contribution < -0.4 is 14.8 Å². The van der Waals surface area contributed by atoms with E-state index in [0.717, 1.165) is 17.1 Å². The van der Waals surface area contributed by atoms with E-state index in [1.165, 1.54) is 0 Å². The van der Waals surface area contributed by atoms with Crippen LogP contribution in [0.2, 0.25) is 0 Å². The first-order valence-corrected chi connectivity index (χ1v) is 6.82. The molecule has 0 fully saturated rings. The van der Waals surface area contributed by atoms with Gasteiger partial charge in [-0.05, 0) is 44.5 Å². The third-order valence-electron chi connectivity index (χ3n) is 3.44. The highest BCUT2D eigenvalue weighted by Crippen LogP contribution is 2.30. The number of rotatable bonds is 6. The number of hydrogen-bond donors (Lipinski definition) is 2. The topological polar surface area (TPSA) is 67.8 Å². The second-order valence-electron chi connectivity index (χ2n) is 5.59. The van der Waals surface area contributed by atoms with Gasteiger partial charge in [0.25, 0.3) is 0 Å². The lowest BCUT2D eigenvalue weighted by atomic mass is 9.90. The molecule has 0 unspecified atom stereocenters. The summed E-state index contributed by atoms with van der Waals surface area (Å²) < 4.78 is 11.0. The first kappa shape index (κ1) is 14.7. The molecule has 0 aliphatic carbocycles. The SMILES string of the molecule is CC(C)(CCNCc1ccc2c(c1)OCCO2)C(=O)O. The summed E-state index contributed by atoms with van der Waals surface area (Å²) in [5.74, 6) is 0.798. The van der Waals surface area contributed by atoms with Gasteiger partial charge in [-0.3, -0.25) is 4.79 Å². The Morgan fingerprint density at radius 2 is 2.00 bits per heavy atom. The molecule has 0 aromatic heterocycles. The monoisotopic (exact) mass is 279 g/mol. The number of fused-ring (bicyclic) bond motifs is 1. The molecule has 110 valence electrons. The van der Waals surface area contributed by atoms with E-state index in [0.29, 0.717) is 32.7 Å². The summed E-state index contributed by atoms with van der Waals surface area (Å²) in [5, 5.41) is 12.3. The van der Waals surface area contributed by atoms with Gasteiger partial charge in [0.2, 0.25) is 0 Å². The van der Waals surface area contributed by atoms with Crippen LogP contribution in [0.1, 0.15) is 25.8 Å². The lowest BCUT2D eigenvalue weighted by Gasteiger charge is -2.20. The van der Waals surface area contributed by atoms with Crippen LogP contribution >= 0.6 is 0 Å². The molecule has 2 N–H and O–H groups in total. The molecule has 2 rings (SSSR count). The van der Waals surface area contributed by atoms with Crippen LogP contribution in [0.3, 0.4) is 0 Å². The molecular weight excluding hydrogens is 258 g/mol. The largest absolute Gasteiger partial charge is 0.486 e. The van der Waals surface area contributed by atoms with Crippen molar-refractivity contribution < 1.29 is 19.4 Å². The number of nitrogens with one attached hydrogen (secondary N) is 1. The molecule has 5 nitrogen and oxygen atoms in total. The van der Waals surface area contributed by atoms with Crippen molar-refractivity contribution in [1.82, 2.24) is 5.32 Å². The molecule has 0 amide bonds. The number of carboxylic acid groups (broad SMARTS) is 1. The van der Waals surface area contributed by atoms with Gasteiger partial charge in [-0.25, -0.2) is 0 Å². The van der Waals surface area contributed by atoms with Gasteiger partial charge >= 0.3 is 5.97 Å². The predicted molar refractivity (Wildman–Crippen MR) is 75.2 cm³/mol. The van der Waals surface area contributed by atoms with E-state index in [1.807, 2.05) is 18.2 Å². The average molecular weight is 279 g/mol. The van der Waals surface area contributed by atoms with Crippen LogP contribution in [0.5, 0.6) is 11.5 Å². The molecule has 1 aliphatic heterocycles. The minimum absolute atomic E-state index is 0.580. The van der Waals surface area contributed by atoms with Gasteiger partial charge in [-0.2, -0.15) is 0 Å². The summed E-state index contributed by atoms with van der Waals surface area (Å²) in [6, 6.07) is 5.86. The zero-order valence-electron chi connectivity index (χ0n) is 11.9. The number of aliphatic carboxylic acids is 1. The Morgan fingerprint density at radius 1 is 1.30 bits per heavy atom. The first-order valence-electron chi connectivity index (χ1n) is 6.82. The summed E-state index contributed by atoms with van der Waals surface area (Å²) in [6.45, 7) is 5.99. The molecule has 1 aromatic rings. The maximum Gasteiger partial charge on any atom is 0.309 e. The zero-order chi connectivity index (χ0) is 14.6. The third kappa shape index (κ3) is 3.63. The van der Waals surface area contributed by atoms with Gasteiger partial charge in [-0.15, -0.1) is 0 Å². The fourth-order valence-corrected chi connectivity index (χ4v) is 1.94. The minimum atomic E-state index is -0.765. The second kappa shape index (κ2) is 6.13. The van der Waals surface area contributed by atoms with Crippen LogP contribution in [0.25, 0.3) is 0 Å². The van der Waals surface area contributed by atoms with E-state index in [4.69, 9.17) is 14.6 Å². The Bertz CT molecular complexity index is 485. The normalized spacial score (nSPS) is 14.1. The van der Waals surface area contributed by atoms with E-state index in [2.05, 4.69) is 5.32 Å². The summed E-state index contributed by atoms with van der Waals surface area (Å²) in [6.07, 6.45) is 0.590. The summed E-state index contributed by atoms with van der Waals surface area (Å²) in [7, 11) is 0. The first-order chi connectivity index (χ1) is 9.49. The van der Waals surface area contributed by atoms with E-state index >= 15 is 0 Å². The van der Waals surface area contributed by atoms with Crippen molar-refractivity contribution in [2.24, 2.45) is 5.41 Å². The zero-order valence-corrected chi connectivity index (χ0v) is 11.9. The number of carboxylic acids is 1. The molecule has 5 heteroatoms. The number of hydrogen-bond acceptors (Lipinski definition) is 4. The van der Waals surface area contributed by atoms with Crippen molar-refractivity contribution >= 4 is 5.97 Å². The van der Waals surface area contributed by atoms with Crippen LogP contribution in [0.15, 0.2) is 18.2 Å². The van der Waals surface area contributed by atoms with E-state index < -0.39 is 11.4 Å². The van der Waals surface area contributed by atoms with Gasteiger partial charge in [0.05, 0.1) is 5.41 Å². The fourth-order valence-electron chi connectivity index (χ4n) is 1.94. The average Bonchev–Trinajstić information content (AvgIpc) is 2.43. The highest BCUT2D eigenvalue weighted by molar-refractivity contribution is 5.73. The maximum atomic E-state index is 11.0. The van der Waals surface area contributed by atoms with Crippen molar-refractivity contribution in [3.05, 3.63) is 23.8 Å². The van der Waals surface area contributed by atoms with Gasteiger partial charge in [0.1, 0.15) is 13.2 Å². The number of benzene rings is 1. The fraction of sp³-hybridized carbons (Fsp3) is 0.533. The summed E-state index contributed by atoms with van der Waals surface area (Å²) in [4.78, 5) is 11.0. The Kier molecular flexibility index (Phi) is 4.49. The molecule has 0 spiro atoms. The smallest absolute Gasteiger partial charge is 0.309 e. The highest BCUT2D eigenvalue weighted by Gasteiger charge is 2.26. The predicted octanol–water partition coefficient (Wildman–Crippen LogP) is 2.05. The number of carbonyl (C=O) groups is 1. The Balaban J connectivity index is 1.81. The number of ether oxygens (including phenoxy) is 2. The molecular formula is C15H21NO4. The van der Waals surface area contributed by atoms with Crippen LogP contribution in [-0.2, 0) is 11.3 Å². The van der Waals surface area contributed by atoms with Gasteiger partial charge in [0.15, 0.2) is 11.5 Å². The third-order valence-corrected chi connectivity index (χ3v) is 3.44. The maximum absolute atomic E-state index is 11.0. The van der Waals surface area contributed by atoms with Crippen molar-refractivity contribution in [3.8, 4) is 11.5 Å². The molecule has 0 radical (unpaired) electrons. The van der Waals surface area contributed by atoms with Gasteiger partial charge < -0.3 is 19.9 Å². The van der Waals surface area contributed by atoms with Crippen LogP contribution in [-0.4, -0.2) is 30.8 Å². The van der Waals surface area contributed by atoms with Gasteiger partial charge in [-0.1, -0.05) is 6.07 Å². The summed E-state index contributed by atoms with van der Waals surface area (Å²) in [5.41, 5.74) is 0.405. The van der Waals surface area contributed by atoms with Crippen molar-refractivity contribution in [3.63, 3.8) is 0 Å². The molecule has 0 saturated carbocycles. The van der Waals surface area contributed by atoms with Crippen molar-refractivity contribution in [2.45, 2.75) is 26.8 Å². The molecule has 0 atom stereocenters. The van der Waals surface area contributed by atoms with E-state index in [-0.39, 0.29) is 0 Å². The Morgan fingerprint density at radius 3 is 2.70 bits per heavy atom. The minimum Gasteiger partial charge on any atom is -0.486 e. The van der Waals surface area contributed by atoms with Gasteiger partial charge in [0, 0.05) is 6.54 Å². The molecule has 1 aromatic carbocycles. The van der Waals surface area contributed by atoms with E-state index in [1.54, 1.807) is 13.8 Å². The van der Waals surface area contributed by atoms with Crippen LogP contribution in [0.4, 0.5) is 0 Å².